The van der Waals surface area contributed by atoms with Gasteiger partial charge in [0.15, 0.2) is 5.60 Å². The van der Waals surface area contributed by atoms with Gasteiger partial charge in [-0.1, -0.05) is 36.4 Å². The average Bonchev–Trinajstić information content (AvgIpc) is 2.70. The van der Waals surface area contributed by atoms with Gasteiger partial charge in [-0.15, -0.1) is 0 Å². The van der Waals surface area contributed by atoms with E-state index in [4.69, 9.17) is 4.74 Å². The Labute approximate surface area is 162 Å². The lowest BCUT2D eigenvalue weighted by Gasteiger charge is -2.37. The van der Waals surface area contributed by atoms with Gasteiger partial charge in [-0.2, -0.15) is 5.26 Å². The first-order chi connectivity index (χ1) is 13.0. The van der Waals surface area contributed by atoms with Gasteiger partial charge in [0.2, 0.25) is 0 Å². The summed E-state index contributed by atoms with van der Waals surface area (Å²) in [6.07, 6.45) is 1.45. The maximum Gasteiger partial charge on any atom is 0.157 e. The van der Waals surface area contributed by atoms with Crippen LogP contribution in [-0.4, -0.2) is 25.8 Å². The molecule has 1 aliphatic rings. The Balaban J connectivity index is 1.65. The van der Waals surface area contributed by atoms with Crippen LogP contribution in [0.25, 0.3) is 5.70 Å². The monoisotopic (exact) mass is 361 g/mol. The van der Waals surface area contributed by atoms with Gasteiger partial charge in [0.25, 0.3) is 0 Å². The maximum atomic E-state index is 9.34. The highest BCUT2D eigenvalue weighted by atomic mass is 16.5. The molecular weight excluding hydrogens is 334 g/mol. The lowest BCUT2D eigenvalue weighted by Crippen LogP contribution is -2.44. The Hall–Kier alpha value is -2.77. The fourth-order valence-corrected chi connectivity index (χ4v) is 3.55. The average molecular weight is 361 g/mol. The largest absolute Gasteiger partial charge is 0.371 e. The smallest absolute Gasteiger partial charge is 0.157 e. The number of rotatable bonds is 5. The summed E-state index contributed by atoms with van der Waals surface area (Å²) in [7, 11) is 1.63. The molecule has 0 amide bonds. The minimum Gasteiger partial charge on any atom is -0.371 e. The van der Waals surface area contributed by atoms with Gasteiger partial charge < -0.3 is 15.0 Å². The van der Waals surface area contributed by atoms with Crippen molar-refractivity contribution in [3.63, 3.8) is 0 Å². The third-order valence-corrected chi connectivity index (χ3v) is 5.41. The van der Waals surface area contributed by atoms with E-state index in [1.165, 1.54) is 16.8 Å². The lowest BCUT2D eigenvalue weighted by atomic mass is 9.92. The number of methoxy groups -OCH3 is 1. The molecule has 0 spiro atoms. The van der Waals surface area contributed by atoms with Crippen LogP contribution in [0.3, 0.4) is 0 Å². The third-order valence-electron chi connectivity index (χ3n) is 5.41. The van der Waals surface area contributed by atoms with Crippen molar-refractivity contribution in [3.8, 4) is 6.07 Å². The fourth-order valence-electron chi connectivity index (χ4n) is 3.55. The van der Waals surface area contributed by atoms with Crippen molar-refractivity contribution in [2.45, 2.75) is 32.3 Å². The zero-order valence-corrected chi connectivity index (χ0v) is 16.4. The molecule has 2 aromatic carbocycles. The van der Waals surface area contributed by atoms with E-state index >= 15 is 0 Å². The minimum atomic E-state index is -0.624. The zero-order valence-electron chi connectivity index (χ0n) is 16.4. The van der Waals surface area contributed by atoms with Crippen LogP contribution in [0.15, 0.2) is 49.0 Å². The molecule has 140 valence electrons. The topological polar surface area (TPSA) is 48.3 Å². The van der Waals surface area contributed by atoms with Crippen LogP contribution in [0.1, 0.15) is 29.5 Å². The summed E-state index contributed by atoms with van der Waals surface area (Å²) in [5, 5.41) is 12.8. The van der Waals surface area contributed by atoms with E-state index in [1.807, 2.05) is 0 Å². The Morgan fingerprint density at radius 3 is 2.37 bits per heavy atom. The van der Waals surface area contributed by atoms with E-state index in [-0.39, 0.29) is 0 Å². The maximum absolute atomic E-state index is 9.34. The highest BCUT2D eigenvalue weighted by Gasteiger charge is 2.34. The number of nitrogens with zero attached hydrogens (tertiary/aromatic N) is 2. The molecule has 0 atom stereocenters. The summed E-state index contributed by atoms with van der Waals surface area (Å²) < 4.78 is 5.43. The molecule has 0 aromatic heterocycles. The van der Waals surface area contributed by atoms with Crippen molar-refractivity contribution in [3.05, 3.63) is 65.7 Å². The van der Waals surface area contributed by atoms with Crippen LogP contribution in [-0.2, 0) is 4.74 Å². The van der Waals surface area contributed by atoms with Gasteiger partial charge in [-0.25, -0.2) is 0 Å². The number of aryl methyl sites for hydroxylation is 2. The quantitative estimate of drug-likeness (QED) is 0.823. The molecule has 1 N–H and O–H groups in total. The van der Waals surface area contributed by atoms with Crippen LogP contribution in [0.4, 0.5) is 11.4 Å². The molecule has 1 saturated heterocycles. The molecule has 1 fully saturated rings. The predicted molar refractivity (Wildman–Crippen MR) is 112 cm³/mol. The second-order valence-electron chi connectivity index (χ2n) is 7.27. The van der Waals surface area contributed by atoms with Crippen molar-refractivity contribution in [1.82, 2.24) is 0 Å². The molecule has 1 heterocycles. The molecule has 0 aliphatic carbocycles. The van der Waals surface area contributed by atoms with E-state index < -0.39 is 5.60 Å². The van der Waals surface area contributed by atoms with Crippen molar-refractivity contribution in [1.29, 1.82) is 5.26 Å². The fraction of sp³-hybridized carbons (Fsp3) is 0.348. The van der Waals surface area contributed by atoms with E-state index in [9.17, 15) is 5.26 Å². The van der Waals surface area contributed by atoms with Crippen molar-refractivity contribution >= 4 is 17.1 Å². The number of hydrogen-bond acceptors (Lipinski definition) is 4. The Morgan fingerprint density at radius 2 is 1.81 bits per heavy atom. The molecule has 4 heteroatoms. The van der Waals surface area contributed by atoms with Gasteiger partial charge in [0.1, 0.15) is 0 Å². The Kier molecular flexibility index (Phi) is 5.53. The molecule has 0 bridgehead atoms. The molecular formula is C23H27N3O. The van der Waals surface area contributed by atoms with Gasteiger partial charge >= 0.3 is 0 Å². The molecule has 0 radical (unpaired) electrons. The number of anilines is 2. The SMILES string of the molecule is C=C(Nc1ccc(C)cc1C)c1ccc(N2CCC(C#N)(OC)CC2)cc1. The third kappa shape index (κ3) is 4.15. The molecule has 1 aliphatic heterocycles. The van der Waals surface area contributed by atoms with Gasteiger partial charge in [-0.05, 0) is 43.2 Å². The molecule has 0 saturated carbocycles. The second-order valence-corrected chi connectivity index (χ2v) is 7.27. The van der Waals surface area contributed by atoms with Crippen molar-refractivity contribution in [2.24, 2.45) is 0 Å². The highest BCUT2D eigenvalue weighted by Crippen LogP contribution is 2.29. The van der Waals surface area contributed by atoms with Gasteiger partial charge in [-0.3, -0.25) is 0 Å². The molecule has 4 nitrogen and oxygen atoms in total. The standard InChI is InChI=1S/C23H27N3O/c1-17-5-10-22(18(2)15-17)25-19(3)20-6-8-21(9-7-20)26-13-11-23(16-24,27-4)12-14-26/h5-10,15,25H,3,11-14H2,1-2,4H3. The van der Waals surface area contributed by atoms with E-state index in [0.717, 1.165) is 42.9 Å². The summed E-state index contributed by atoms with van der Waals surface area (Å²) >= 11 is 0. The predicted octanol–water partition coefficient (Wildman–Crippen LogP) is 4.90. The van der Waals surface area contributed by atoms with Gasteiger partial charge in [0, 0.05) is 50.1 Å². The molecule has 2 aromatic rings. The molecule has 27 heavy (non-hydrogen) atoms. The molecule has 3 rings (SSSR count). The summed E-state index contributed by atoms with van der Waals surface area (Å²) in [5.41, 5.74) is 6.04. The number of nitrogens with one attached hydrogen (secondary N) is 1. The van der Waals surface area contributed by atoms with Crippen LogP contribution < -0.4 is 10.2 Å². The van der Waals surface area contributed by atoms with E-state index in [0.29, 0.717) is 0 Å². The van der Waals surface area contributed by atoms with Crippen LogP contribution in [0, 0.1) is 25.2 Å². The second kappa shape index (κ2) is 7.85. The van der Waals surface area contributed by atoms with Gasteiger partial charge in [0.05, 0.1) is 6.07 Å². The number of nitriles is 1. The van der Waals surface area contributed by atoms with E-state index in [2.05, 4.69) is 79.2 Å². The summed E-state index contributed by atoms with van der Waals surface area (Å²) in [6, 6.07) is 17.1. The number of piperidine rings is 1. The van der Waals surface area contributed by atoms with Crippen molar-refractivity contribution in [2.75, 3.05) is 30.4 Å². The first kappa shape index (κ1) is 19.0. The highest BCUT2D eigenvalue weighted by molar-refractivity contribution is 5.77. The number of ether oxygens (including phenoxy) is 1. The van der Waals surface area contributed by atoms with Crippen LogP contribution in [0.5, 0.6) is 0 Å². The zero-order chi connectivity index (χ0) is 19.4. The first-order valence-electron chi connectivity index (χ1n) is 9.31. The Morgan fingerprint density at radius 1 is 1.15 bits per heavy atom. The van der Waals surface area contributed by atoms with Crippen LogP contribution >= 0.6 is 0 Å². The minimum absolute atomic E-state index is 0.624. The lowest BCUT2D eigenvalue weighted by molar-refractivity contribution is 0.0190. The first-order valence-corrected chi connectivity index (χ1v) is 9.31. The molecule has 0 unspecified atom stereocenters. The number of hydrogen-bond donors (Lipinski definition) is 1. The number of benzene rings is 2. The van der Waals surface area contributed by atoms with E-state index in [1.54, 1.807) is 7.11 Å². The summed E-state index contributed by atoms with van der Waals surface area (Å²) in [4.78, 5) is 2.30. The normalized spacial score (nSPS) is 15.9. The van der Waals surface area contributed by atoms with Crippen molar-refractivity contribution < 1.29 is 4.74 Å². The summed E-state index contributed by atoms with van der Waals surface area (Å²) in [6.45, 7) is 10.0. The Bertz CT molecular complexity index is 856. The van der Waals surface area contributed by atoms with Crippen LogP contribution in [0.2, 0.25) is 0 Å². The summed E-state index contributed by atoms with van der Waals surface area (Å²) in [5.74, 6) is 0.